The van der Waals surface area contributed by atoms with E-state index in [1.165, 1.54) is 42.5 Å². The van der Waals surface area contributed by atoms with Crippen molar-refractivity contribution in [1.82, 2.24) is 5.32 Å². The van der Waals surface area contributed by atoms with E-state index in [1.807, 2.05) is 0 Å². The van der Waals surface area contributed by atoms with Gasteiger partial charge in [0.2, 0.25) is 11.7 Å². The van der Waals surface area contributed by atoms with Crippen LogP contribution in [-0.2, 0) is 11.2 Å². The van der Waals surface area contributed by atoms with Crippen LogP contribution in [0.2, 0.25) is 0 Å². The number of rotatable bonds is 10. The summed E-state index contributed by atoms with van der Waals surface area (Å²) in [4.78, 5) is 24.3. The molecule has 0 fully saturated rings. The summed E-state index contributed by atoms with van der Waals surface area (Å²) in [5.74, 6) is 1.43. The highest BCUT2D eigenvalue weighted by atomic mass is 16.5. The van der Waals surface area contributed by atoms with Crippen molar-refractivity contribution in [3.05, 3.63) is 35.4 Å². The summed E-state index contributed by atoms with van der Waals surface area (Å²) in [6.45, 7) is 1.84. The summed E-state index contributed by atoms with van der Waals surface area (Å²) >= 11 is 0. The Morgan fingerprint density at radius 1 is 0.806 bits per heavy atom. The first-order valence-electron chi connectivity index (χ1n) is 9.49. The van der Waals surface area contributed by atoms with Crippen molar-refractivity contribution in [1.29, 1.82) is 0 Å². The molecule has 9 nitrogen and oxygen atoms in total. The van der Waals surface area contributed by atoms with Gasteiger partial charge in [0, 0.05) is 25.2 Å². The van der Waals surface area contributed by atoms with Crippen LogP contribution in [-0.4, -0.2) is 53.9 Å². The van der Waals surface area contributed by atoms with Gasteiger partial charge in [-0.3, -0.25) is 9.59 Å². The van der Waals surface area contributed by atoms with Crippen molar-refractivity contribution in [2.75, 3.05) is 47.4 Å². The third kappa shape index (κ3) is 5.50. The topological polar surface area (TPSA) is 104 Å². The van der Waals surface area contributed by atoms with Crippen LogP contribution in [0, 0.1) is 0 Å². The fraction of sp³-hybridized carbons (Fsp3) is 0.364. The first-order valence-corrected chi connectivity index (χ1v) is 9.49. The molecule has 0 atom stereocenters. The Balaban J connectivity index is 2.44. The van der Waals surface area contributed by atoms with Gasteiger partial charge in [0.1, 0.15) is 0 Å². The van der Waals surface area contributed by atoms with Gasteiger partial charge in [-0.15, -0.1) is 0 Å². The molecular weight excluding hydrogens is 404 g/mol. The van der Waals surface area contributed by atoms with Crippen molar-refractivity contribution >= 4 is 17.5 Å². The molecule has 2 aromatic carbocycles. The Morgan fingerprint density at radius 3 is 1.97 bits per heavy atom. The number of nitrogens with one attached hydrogen (secondary N) is 2. The number of amides is 2. The fourth-order valence-electron chi connectivity index (χ4n) is 3.09. The first kappa shape index (κ1) is 23.7. The predicted molar refractivity (Wildman–Crippen MR) is 116 cm³/mol. The summed E-state index contributed by atoms with van der Waals surface area (Å²) in [6, 6.07) is 6.66. The monoisotopic (exact) mass is 432 g/mol. The van der Waals surface area contributed by atoms with E-state index in [1.54, 1.807) is 24.3 Å². The number of benzene rings is 2. The van der Waals surface area contributed by atoms with E-state index in [4.69, 9.17) is 23.7 Å². The van der Waals surface area contributed by atoms with E-state index in [0.29, 0.717) is 41.7 Å². The van der Waals surface area contributed by atoms with Crippen LogP contribution in [0.4, 0.5) is 5.69 Å². The molecule has 0 saturated heterocycles. The van der Waals surface area contributed by atoms with E-state index in [-0.39, 0.29) is 17.2 Å². The normalized spacial score (nSPS) is 10.1. The molecule has 31 heavy (non-hydrogen) atoms. The highest BCUT2D eigenvalue weighted by Gasteiger charge is 2.22. The Morgan fingerprint density at radius 2 is 1.42 bits per heavy atom. The van der Waals surface area contributed by atoms with Crippen LogP contribution in [0.3, 0.4) is 0 Å². The third-order valence-corrected chi connectivity index (χ3v) is 4.57. The molecule has 0 heterocycles. The molecule has 0 bridgehead atoms. The molecular formula is C22H28N2O7. The molecule has 0 unspecified atom stereocenters. The molecule has 0 saturated carbocycles. The molecule has 0 aliphatic rings. The van der Waals surface area contributed by atoms with Gasteiger partial charge in [-0.05, 0) is 30.2 Å². The van der Waals surface area contributed by atoms with E-state index in [0.717, 1.165) is 5.56 Å². The van der Waals surface area contributed by atoms with Crippen molar-refractivity contribution < 1.29 is 33.3 Å². The van der Waals surface area contributed by atoms with Gasteiger partial charge in [-0.25, -0.2) is 0 Å². The average Bonchev–Trinajstić information content (AvgIpc) is 2.77. The lowest BCUT2D eigenvalue weighted by Gasteiger charge is -2.18. The summed E-state index contributed by atoms with van der Waals surface area (Å²) in [5.41, 5.74) is 1.55. The first-order chi connectivity index (χ1) is 14.9. The summed E-state index contributed by atoms with van der Waals surface area (Å²) in [5, 5.41) is 5.64. The van der Waals surface area contributed by atoms with Gasteiger partial charge in [-0.1, -0.05) is 0 Å². The molecule has 0 spiro atoms. The van der Waals surface area contributed by atoms with E-state index in [2.05, 4.69) is 10.6 Å². The number of hydrogen-bond acceptors (Lipinski definition) is 7. The Bertz CT molecular complexity index is 944. The molecule has 0 aromatic heterocycles. The van der Waals surface area contributed by atoms with Gasteiger partial charge in [0.25, 0.3) is 5.91 Å². The highest BCUT2D eigenvalue weighted by Crippen LogP contribution is 2.40. The molecule has 2 aromatic rings. The third-order valence-electron chi connectivity index (χ3n) is 4.57. The SMILES string of the molecule is COc1cc(CCNC(C)=O)c(NC(=O)c2ccc(OC)c(OC)c2OC)cc1OC. The molecule has 2 rings (SSSR count). The minimum Gasteiger partial charge on any atom is -0.493 e. The second-order valence-electron chi connectivity index (χ2n) is 6.43. The van der Waals surface area contributed by atoms with Crippen LogP contribution in [0.15, 0.2) is 24.3 Å². The number of methoxy groups -OCH3 is 5. The predicted octanol–water partition coefficient (Wildman–Crippen LogP) is 2.66. The molecule has 9 heteroatoms. The lowest BCUT2D eigenvalue weighted by atomic mass is 10.1. The van der Waals surface area contributed by atoms with E-state index in [9.17, 15) is 9.59 Å². The Kier molecular flexibility index (Phi) is 8.36. The summed E-state index contributed by atoms with van der Waals surface area (Å²) < 4.78 is 26.8. The van der Waals surface area contributed by atoms with Crippen molar-refractivity contribution in [2.24, 2.45) is 0 Å². The molecule has 0 aliphatic carbocycles. The smallest absolute Gasteiger partial charge is 0.259 e. The Labute approximate surface area is 181 Å². The minimum absolute atomic E-state index is 0.138. The van der Waals surface area contributed by atoms with E-state index < -0.39 is 5.91 Å². The van der Waals surface area contributed by atoms with Crippen molar-refractivity contribution in [3.8, 4) is 28.7 Å². The maximum atomic E-state index is 13.1. The van der Waals surface area contributed by atoms with Crippen LogP contribution in [0.5, 0.6) is 28.7 Å². The van der Waals surface area contributed by atoms with Gasteiger partial charge < -0.3 is 34.3 Å². The maximum Gasteiger partial charge on any atom is 0.259 e. The van der Waals surface area contributed by atoms with Crippen LogP contribution in [0.25, 0.3) is 0 Å². The number of hydrogen-bond donors (Lipinski definition) is 2. The zero-order valence-electron chi connectivity index (χ0n) is 18.6. The van der Waals surface area contributed by atoms with Crippen LogP contribution in [0.1, 0.15) is 22.8 Å². The van der Waals surface area contributed by atoms with Crippen LogP contribution < -0.4 is 34.3 Å². The van der Waals surface area contributed by atoms with Gasteiger partial charge in [0.15, 0.2) is 23.0 Å². The molecule has 0 radical (unpaired) electrons. The number of anilines is 1. The number of ether oxygens (including phenoxy) is 5. The van der Waals surface area contributed by atoms with E-state index >= 15 is 0 Å². The summed E-state index contributed by atoms with van der Waals surface area (Å²) in [7, 11) is 7.46. The van der Waals surface area contributed by atoms with Gasteiger partial charge >= 0.3 is 0 Å². The lowest BCUT2D eigenvalue weighted by Crippen LogP contribution is -2.23. The summed E-state index contributed by atoms with van der Waals surface area (Å²) in [6.07, 6.45) is 0.471. The number of carbonyl (C=O) groups excluding carboxylic acids is 2. The minimum atomic E-state index is -0.411. The van der Waals surface area contributed by atoms with Crippen molar-refractivity contribution in [3.63, 3.8) is 0 Å². The lowest BCUT2D eigenvalue weighted by molar-refractivity contribution is -0.118. The number of carbonyl (C=O) groups is 2. The molecule has 168 valence electrons. The zero-order chi connectivity index (χ0) is 23.0. The van der Waals surface area contributed by atoms with Gasteiger partial charge in [0.05, 0.1) is 41.1 Å². The largest absolute Gasteiger partial charge is 0.493 e. The maximum absolute atomic E-state index is 13.1. The fourth-order valence-corrected chi connectivity index (χ4v) is 3.09. The Hall–Kier alpha value is -3.62. The second kappa shape index (κ2) is 11.0. The average molecular weight is 432 g/mol. The molecule has 2 amide bonds. The standard InChI is InChI=1S/C22H28N2O7/c1-13(25)23-10-9-14-11-18(28-3)19(29-4)12-16(14)24-22(26)15-7-8-17(27-2)21(31-6)20(15)30-5/h7-8,11-12H,9-10H2,1-6H3,(H,23,25)(H,24,26). The highest BCUT2D eigenvalue weighted by molar-refractivity contribution is 6.07. The van der Waals surface area contributed by atoms with Crippen molar-refractivity contribution in [2.45, 2.75) is 13.3 Å². The molecule has 0 aliphatic heterocycles. The van der Waals surface area contributed by atoms with Crippen LogP contribution >= 0.6 is 0 Å². The molecule has 2 N–H and O–H groups in total. The zero-order valence-corrected chi connectivity index (χ0v) is 18.6. The quantitative estimate of drug-likeness (QED) is 0.595. The second-order valence-corrected chi connectivity index (χ2v) is 6.43. The van der Waals surface area contributed by atoms with Gasteiger partial charge in [-0.2, -0.15) is 0 Å².